The Kier molecular flexibility index (Phi) is 4.66. The summed E-state index contributed by atoms with van der Waals surface area (Å²) >= 11 is 0. The summed E-state index contributed by atoms with van der Waals surface area (Å²) in [6.07, 6.45) is 5.61. The summed E-state index contributed by atoms with van der Waals surface area (Å²) in [6, 6.07) is 5.72. The Hall–Kier alpha value is -2.37. The molecule has 0 aromatic heterocycles. The van der Waals surface area contributed by atoms with Crippen molar-refractivity contribution in [2.75, 3.05) is 26.2 Å². The van der Waals surface area contributed by atoms with E-state index < -0.39 is 0 Å². The predicted octanol–water partition coefficient (Wildman–Crippen LogP) is 1.13. The van der Waals surface area contributed by atoms with Gasteiger partial charge in [-0.1, -0.05) is 6.07 Å². The lowest BCUT2D eigenvalue weighted by atomic mass is 9.90. The van der Waals surface area contributed by atoms with Crippen LogP contribution in [0, 0.1) is 0 Å². The zero-order valence-electron chi connectivity index (χ0n) is 15.0. The first-order valence-corrected chi connectivity index (χ1v) is 9.61. The number of amides is 3. The van der Waals surface area contributed by atoms with Crippen molar-refractivity contribution >= 4 is 17.7 Å². The van der Waals surface area contributed by atoms with Crippen LogP contribution >= 0.6 is 0 Å². The number of rotatable bonds is 2. The summed E-state index contributed by atoms with van der Waals surface area (Å²) < 4.78 is 0. The normalized spacial score (nSPS) is 22.8. The van der Waals surface area contributed by atoms with E-state index in [1.54, 1.807) is 4.90 Å². The maximum atomic E-state index is 12.8. The molecule has 3 aliphatic rings. The van der Waals surface area contributed by atoms with Gasteiger partial charge in [-0.25, -0.2) is 0 Å². The summed E-state index contributed by atoms with van der Waals surface area (Å²) in [5.74, 6) is -0.0130. The molecule has 4 rings (SSSR count). The van der Waals surface area contributed by atoms with Gasteiger partial charge in [-0.3, -0.25) is 14.4 Å². The number of aryl methyl sites for hydroxylation is 2. The monoisotopic (exact) mass is 355 g/mol. The van der Waals surface area contributed by atoms with Crippen molar-refractivity contribution in [2.24, 2.45) is 0 Å². The minimum Gasteiger partial charge on any atom is -0.344 e. The van der Waals surface area contributed by atoms with E-state index in [0.29, 0.717) is 39.0 Å². The van der Waals surface area contributed by atoms with Gasteiger partial charge in [0.15, 0.2) is 0 Å². The van der Waals surface area contributed by atoms with Crippen molar-refractivity contribution in [3.05, 3.63) is 34.9 Å². The van der Waals surface area contributed by atoms with E-state index in [9.17, 15) is 14.4 Å². The van der Waals surface area contributed by atoms with E-state index in [1.807, 2.05) is 11.0 Å². The lowest BCUT2D eigenvalue weighted by Gasteiger charge is -2.36. The lowest BCUT2D eigenvalue weighted by Crippen LogP contribution is -2.54. The highest BCUT2D eigenvalue weighted by molar-refractivity contribution is 5.95. The molecule has 1 aromatic carbocycles. The van der Waals surface area contributed by atoms with Gasteiger partial charge in [0.25, 0.3) is 5.91 Å². The van der Waals surface area contributed by atoms with Gasteiger partial charge in [0, 0.05) is 38.2 Å². The fourth-order valence-corrected chi connectivity index (χ4v) is 4.20. The van der Waals surface area contributed by atoms with Gasteiger partial charge < -0.3 is 15.1 Å². The molecule has 1 aliphatic carbocycles. The van der Waals surface area contributed by atoms with E-state index in [-0.39, 0.29) is 23.8 Å². The molecule has 138 valence electrons. The molecule has 1 atom stereocenters. The van der Waals surface area contributed by atoms with Crippen molar-refractivity contribution in [2.45, 2.75) is 44.6 Å². The van der Waals surface area contributed by atoms with Crippen molar-refractivity contribution < 1.29 is 14.4 Å². The highest BCUT2D eigenvalue weighted by Gasteiger charge is 2.33. The number of benzene rings is 1. The summed E-state index contributed by atoms with van der Waals surface area (Å²) in [4.78, 5) is 40.2. The second-order valence-electron chi connectivity index (χ2n) is 7.47. The largest absolute Gasteiger partial charge is 0.344 e. The number of piperazine rings is 1. The van der Waals surface area contributed by atoms with Crippen LogP contribution in [-0.2, 0) is 22.4 Å². The molecule has 6 nitrogen and oxygen atoms in total. The van der Waals surface area contributed by atoms with Crippen molar-refractivity contribution in [3.8, 4) is 0 Å². The first kappa shape index (κ1) is 17.1. The van der Waals surface area contributed by atoms with Crippen LogP contribution in [0.25, 0.3) is 0 Å². The molecular formula is C20H25N3O3. The summed E-state index contributed by atoms with van der Waals surface area (Å²) in [6.45, 7) is 2.15. The molecule has 1 N–H and O–H groups in total. The molecule has 1 aromatic rings. The SMILES string of the molecule is O=C1CCC(C(=O)N2CCN(C(=O)c3ccc4c(c3)CCCC4)CC2)N1. The zero-order valence-corrected chi connectivity index (χ0v) is 15.0. The van der Waals surface area contributed by atoms with Crippen LogP contribution in [0.1, 0.15) is 47.2 Å². The van der Waals surface area contributed by atoms with Crippen molar-refractivity contribution in [1.82, 2.24) is 15.1 Å². The van der Waals surface area contributed by atoms with E-state index in [1.165, 1.54) is 24.0 Å². The van der Waals surface area contributed by atoms with Crippen LogP contribution < -0.4 is 5.32 Å². The Balaban J connectivity index is 1.36. The third-order valence-corrected chi connectivity index (χ3v) is 5.77. The molecule has 0 radical (unpaired) electrons. The Morgan fingerprint density at radius 2 is 1.62 bits per heavy atom. The third kappa shape index (κ3) is 3.32. The number of hydrogen-bond acceptors (Lipinski definition) is 3. The Morgan fingerprint density at radius 1 is 0.923 bits per heavy atom. The average Bonchev–Trinajstić information content (AvgIpc) is 3.13. The van der Waals surface area contributed by atoms with Crippen LogP contribution in [0.3, 0.4) is 0 Å². The quantitative estimate of drug-likeness (QED) is 0.865. The first-order chi connectivity index (χ1) is 12.6. The van der Waals surface area contributed by atoms with Crippen LogP contribution in [0.15, 0.2) is 18.2 Å². The Morgan fingerprint density at radius 3 is 2.31 bits per heavy atom. The lowest BCUT2D eigenvalue weighted by molar-refractivity contribution is -0.135. The van der Waals surface area contributed by atoms with Gasteiger partial charge in [0.05, 0.1) is 0 Å². The molecule has 1 unspecified atom stereocenters. The van der Waals surface area contributed by atoms with Gasteiger partial charge in [-0.2, -0.15) is 0 Å². The van der Waals surface area contributed by atoms with Crippen LogP contribution in [0.4, 0.5) is 0 Å². The van der Waals surface area contributed by atoms with E-state index >= 15 is 0 Å². The topological polar surface area (TPSA) is 69.7 Å². The van der Waals surface area contributed by atoms with E-state index in [0.717, 1.165) is 18.4 Å². The third-order valence-electron chi connectivity index (χ3n) is 5.77. The minimum absolute atomic E-state index is 0.0169. The van der Waals surface area contributed by atoms with E-state index in [4.69, 9.17) is 0 Å². The molecule has 26 heavy (non-hydrogen) atoms. The second kappa shape index (κ2) is 7.09. The summed E-state index contributed by atoms with van der Waals surface area (Å²) in [7, 11) is 0. The van der Waals surface area contributed by atoms with Gasteiger partial charge in [-0.05, 0) is 55.4 Å². The summed E-state index contributed by atoms with van der Waals surface area (Å²) in [5.41, 5.74) is 3.45. The zero-order chi connectivity index (χ0) is 18.1. The van der Waals surface area contributed by atoms with Crippen molar-refractivity contribution in [1.29, 1.82) is 0 Å². The number of fused-ring (bicyclic) bond motifs is 1. The molecule has 0 saturated carbocycles. The summed E-state index contributed by atoms with van der Waals surface area (Å²) in [5, 5.41) is 2.73. The maximum Gasteiger partial charge on any atom is 0.253 e. The molecule has 6 heteroatoms. The van der Waals surface area contributed by atoms with Crippen molar-refractivity contribution in [3.63, 3.8) is 0 Å². The molecule has 0 spiro atoms. The second-order valence-corrected chi connectivity index (χ2v) is 7.47. The highest BCUT2D eigenvalue weighted by atomic mass is 16.2. The number of carbonyl (C=O) groups excluding carboxylic acids is 3. The van der Waals surface area contributed by atoms with Crippen LogP contribution in [0.2, 0.25) is 0 Å². The minimum atomic E-state index is -0.384. The molecule has 3 amide bonds. The molecule has 2 heterocycles. The fourth-order valence-electron chi connectivity index (χ4n) is 4.20. The predicted molar refractivity (Wildman–Crippen MR) is 96.7 cm³/mol. The highest BCUT2D eigenvalue weighted by Crippen LogP contribution is 2.23. The smallest absolute Gasteiger partial charge is 0.253 e. The molecule has 0 bridgehead atoms. The van der Waals surface area contributed by atoms with Crippen LogP contribution in [0.5, 0.6) is 0 Å². The number of nitrogens with one attached hydrogen (secondary N) is 1. The van der Waals surface area contributed by atoms with Gasteiger partial charge in [0.1, 0.15) is 6.04 Å². The molecule has 2 fully saturated rings. The number of carbonyl (C=O) groups is 3. The Labute approximate surface area is 153 Å². The number of hydrogen-bond donors (Lipinski definition) is 1. The first-order valence-electron chi connectivity index (χ1n) is 9.61. The molecular weight excluding hydrogens is 330 g/mol. The van der Waals surface area contributed by atoms with Gasteiger partial charge >= 0.3 is 0 Å². The van der Waals surface area contributed by atoms with E-state index in [2.05, 4.69) is 17.4 Å². The van der Waals surface area contributed by atoms with Gasteiger partial charge in [0.2, 0.25) is 11.8 Å². The fraction of sp³-hybridized carbons (Fsp3) is 0.550. The maximum absolute atomic E-state index is 12.8. The standard InChI is InChI=1S/C20H25N3O3/c24-18-8-7-17(21-18)20(26)23-11-9-22(10-12-23)19(25)16-6-5-14-3-1-2-4-15(14)13-16/h5-6,13,17H,1-4,7-12H2,(H,21,24). The Bertz CT molecular complexity index is 738. The number of nitrogens with zero attached hydrogens (tertiary/aromatic N) is 2. The molecule has 2 aliphatic heterocycles. The average molecular weight is 355 g/mol. The molecule has 2 saturated heterocycles. The van der Waals surface area contributed by atoms with Crippen LogP contribution in [-0.4, -0.2) is 59.7 Å². The van der Waals surface area contributed by atoms with Gasteiger partial charge in [-0.15, -0.1) is 0 Å².